The molecule has 1 heterocycles. The van der Waals surface area contributed by atoms with Crippen LogP contribution in [0.15, 0.2) is 21.1 Å². The first-order valence-electron chi connectivity index (χ1n) is 6.19. The molecule has 3 N–H and O–H groups in total. The second-order valence-electron chi connectivity index (χ2n) is 4.94. The van der Waals surface area contributed by atoms with Crippen molar-refractivity contribution in [2.75, 3.05) is 25.0 Å². The quantitative estimate of drug-likeness (QED) is 0.833. The molecule has 0 spiro atoms. The van der Waals surface area contributed by atoms with Crippen LogP contribution in [0.3, 0.4) is 0 Å². The standard InChI is InChI=1S/C13H17Br2N3O/c1-8-4-10(14)13(11(15)5-8)17-12(19)7-18-3-2-9(16)6-18/h4-5,9H,2-3,6-7,16H2,1H3,(H,17,19)/t9-/m1/s1. The molecule has 1 aromatic rings. The van der Waals surface area contributed by atoms with Crippen molar-refractivity contribution in [2.24, 2.45) is 5.73 Å². The van der Waals surface area contributed by atoms with Gasteiger partial charge in [-0.3, -0.25) is 9.69 Å². The Balaban J connectivity index is 1.99. The van der Waals surface area contributed by atoms with Gasteiger partial charge >= 0.3 is 0 Å². The van der Waals surface area contributed by atoms with Gasteiger partial charge in [-0.15, -0.1) is 0 Å². The average molecular weight is 391 g/mol. The van der Waals surface area contributed by atoms with Crippen LogP contribution in [-0.2, 0) is 4.79 Å². The van der Waals surface area contributed by atoms with Crippen LogP contribution in [0.4, 0.5) is 5.69 Å². The first-order valence-corrected chi connectivity index (χ1v) is 7.77. The van der Waals surface area contributed by atoms with E-state index >= 15 is 0 Å². The molecule has 0 unspecified atom stereocenters. The summed E-state index contributed by atoms with van der Waals surface area (Å²) in [5, 5.41) is 2.93. The number of nitrogens with zero attached hydrogens (tertiary/aromatic N) is 1. The third-order valence-corrected chi connectivity index (χ3v) is 4.38. The minimum absolute atomic E-state index is 0.0145. The molecule has 104 valence electrons. The highest BCUT2D eigenvalue weighted by molar-refractivity contribution is 9.11. The van der Waals surface area contributed by atoms with Gasteiger partial charge in [-0.1, -0.05) is 0 Å². The molecule has 1 aromatic carbocycles. The van der Waals surface area contributed by atoms with E-state index in [-0.39, 0.29) is 11.9 Å². The van der Waals surface area contributed by atoms with Crippen LogP contribution in [0.25, 0.3) is 0 Å². The number of nitrogens with two attached hydrogens (primary N) is 1. The van der Waals surface area contributed by atoms with E-state index in [1.165, 1.54) is 0 Å². The zero-order valence-corrected chi connectivity index (χ0v) is 13.9. The molecule has 0 saturated carbocycles. The van der Waals surface area contributed by atoms with E-state index in [1.807, 2.05) is 19.1 Å². The molecule has 1 saturated heterocycles. The summed E-state index contributed by atoms with van der Waals surface area (Å²) >= 11 is 6.94. The Bertz CT molecular complexity index is 470. The van der Waals surface area contributed by atoms with Crippen molar-refractivity contribution in [1.82, 2.24) is 4.90 Å². The molecule has 1 atom stereocenters. The number of nitrogens with one attached hydrogen (secondary N) is 1. The maximum Gasteiger partial charge on any atom is 0.238 e. The number of aryl methyl sites for hydroxylation is 1. The topological polar surface area (TPSA) is 58.4 Å². The minimum Gasteiger partial charge on any atom is -0.326 e. The van der Waals surface area contributed by atoms with Gasteiger partial charge in [0.15, 0.2) is 0 Å². The second-order valence-corrected chi connectivity index (χ2v) is 6.64. The Morgan fingerprint density at radius 2 is 2.11 bits per heavy atom. The summed E-state index contributed by atoms with van der Waals surface area (Å²) in [5.74, 6) is -0.0145. The number of hydrogen-bond acceptors (Lipinski definition) is 3. The van der Waals surface area contributed by atoms with Crippen molar-refractivity contribution in [3.05, 3.63) is 26.6 Å². The van der Waals surface area contributed by atoms with Crippen LogP contribution >= 0.6 is 31.9 Å². The van der Waals surface area contributed by atoms with E-state index in [0.717, 1.165) is 39.7 Å². The molecule has 1 aliphatic rings. The first-order chi connectivity index (χ1) is 8.95. The molecule has 0 aliphatic carbocycles. The van der Waals surface area contributed by atoms with Crippen molar-refractivity contribution in [3.8, 4) is 0 Å². The summed E-state index contributed by atoms with van der Waals surface area (Å²) in [4.78, 5) is 14.1. The lowest BCUT2D eigenvalue weighted by molar-refractivity contribution is -0.117. The highest BCUT2D eigenvalue weighted by atomic mass is 79.9. The van der Waals surface area contributed by atoms with Gasteiger partial charge < -0.3 is 11.1 Å². The number of halogens is 2. The first kappa shape index (κ1) is 15.0. The number of rotatable bonds is 3. The van der Waals surface area contributed by atoms with E-state index in [2.05, 4.69) is 42.1 Å². The third-order valence-electron chi connectivity index (χ3n) is 3.13. The largest absolute Gasteiger partial charge is 0.326 e. The van der Waals surface area contributed by atoms with Gasteiger partial charge in [0.2, 0.25) is 5.91 Å². The van der Waals surface area contributed by atoms with Crippen LogP contribution in [0.1, 0.15) is 12.0 Å². The van der Waals surface area contributed by atoms with Gasteiger partial charge in [0.1, 0.15) is 0 Å². The van der Waals surface area contributed by atoms with Gasteiger partial charge in [-0.05, 0) is 62.9 Å². The average Bonchev–Trinajstić information content (AvgIpc) is 2.69. The van der Waals surface area contributed by atoms with Crippen LogP contribution in [0, 0.1) is 6.92 Å². The molecular formula is C13H17Br2N3O. The number of likely N-dealkylation sites (tertiary alicyclic amines) is 1. The molecular weight excluding hydrogens is 374 g/mol. The fourth-order valence-corrected chi connectivity index (χ4v) is 3.82. The summed E-state index contributed by atoms with van der Waals surface area (Å²) in [6, 6.07) is 4.16. The molecule has 1 aliphatic heterocycles. The lowest BCUT2D eigenvalue weighted by Crippen LogP contribution is -2.33. The van der Waals surface area contributed by atoms with Crippen LogP contribution < -0.4 is 11.1 Å². The van der Waals surface area contributed by atoms with Crippen molar-refractivity contribution in [3.63, 3.8) is 0 Å². The summed E-state index contributed by atoms with van der Waals surface area (Å²) in [5.41, 5.74) is 7.73. The minimum atomic E-state index is -0.0145. The van der Waals surface area contributed by atoms with Crippen LogP contribution in [-0.4, -0.2) is 36.5 Å². The monoisotopic (exact) mass is 389 g/mol. The Kier molecular flexibility index (Phi) is 5.00. The number of hydrogen-bond donors (Lipinski definition) is 2. The summed E-state index contributed by atoms with van der Waals surface area (Å²) in [6.07, 6.45) is 0.963. The zero-order chi connectivity index (χ0) is 14.0. The molecule has 0 bridgehead atoms. The predicted octanol–water partition coefficient (Wildman–Crippen LogP) is 2.49. The van der Waals surface area contributed by atoms with E-state index in [9.17, 15) is 4.79 Å². The fourth-order valence-electron chi connectivity index (χ4n) is 2.21. The molecule has 4 nitrogen and oxygen atoms in total. The van der Waals surface area contributed by atoms with Crippen molar-refractivity contribution in [2.45, 2.75) is 19.4 Å². The van der Waals surface area contributed by atoms with Gasteiger partial charge in [0.25, 0.3) is 0 Å². The van der Waals surface area contributed by atoms with E-state index in [0.29, 0.717) is 6.54 Å². The summed E-state index contributed by atoms with van der Waals surface area (Å²) in [7, 11) is 0. The number of carbonyl (C=O) groups excluding carboxylic acids is 1. The molecule has 1 fully saturated rings. The number of amides is 1. The molecule has 2 rings (SSSR count). The smallest absolute Gasteiger partial charge is 0.238 e. The van der Waals surface area contributed by atoms with E-state index in [4.69, 9.17) is 5.73 Å². The van der Waals surface area contributed by atoms with E-state index < -0.39 is 0 Å². The highest BCUT2D eigenvalue weighted by Gasteiger charge is 2.21. The lowest BCUT2D eigenvalue weighted by atomic mass is 10.2. The molecule has 6 heteroatoms. The maximum atomic E-state index is 12.0. The highest BCUT2D eigenvalue weighted by Crippen LogP contribution is 2.32. The molecule has 19 heavy (non-hydrogen) atoms. The van der Waals surface area contributed by atoms with Crippen molar-refractivity contribution >= 4 is 43.5 Å². The van der Waals surface area contributed by atoms with E-state index in [1.54, 1.807) is 0 Å². The zero-order valence-electron chi connectivity index (χ0n) is 10.7. The fraction of sp³-hybridized carbons (Fsp3) is 0.462. The lowest BCUT2D eigenvalue weighted by Gasteiger charge is -2.16. The summed E-state index contributed by atoms with van der Waals surface area (Å²) in [6.45, 7) is 4.08. The van der Waals surface area contributed by atoms with Gasteiger partial charge in [-0.25, -0.2) is 0 Å². The number of anilines is 1. The molecule has 1 amide bonds. The van der Waals surface area contributed by atoms with Crippen LogP contribution in [0.5, 0.6) is 0 Å². The normalized spacial score (nSPS) is 19.7. The van der Waals surface area contributed by atoms with Crippen molar-refractivity contribution in [1.29, 1.82) is 0 Å². The van der Waals surface area contributed by atoms with Gasteiger partial charge in [0, 0.05) is 28.1 Å². The van der Waals surface area contributed by atoms with Gasteiger partial charge in [-0.2, -0.15) is 0 Å². The Morgan fingerprint density at radius 3 is 2.63 bits per heavy atom. The Morgan fingerprint density at radius 1 is 1.47 bits per heavy atom. The SMILES string of the molecule is Cc1cc(Br)c(NC(=O)CN2CC[C@@H](N)C2)c(Br)c1. The second kappa shape index (κ2) is 6.35. The summed E-state index contributed by atoms with van der Waals surface area (Å²) < 4.78 is 1.76. The third kappa shape index (κ3) is 4.02. The Hall–Kier alpha value is -0.430. The van der Waals surface area contributed by atoms with Gasteiger partial charge in [0.05, 0.1) is 12.2 Å². The molecule has 0 aromatic heterocycles. The van der Waals surface area contributed by atoms with Crippen LogP contribution in [0.2, 0.25) is 0 Å². The number of carbonyl (C=O) groups is 1. The maximum absolute atomic E-state index is 12.0. The Labute approximate surface area is 130 Å². The molecule has 0 radical (unpaired) electrons. The predicted molar refractivity (Wildman–Crippen MR) is 84.2 cm³/mol. The van der Waals surface area contributed by atoms with Crippen molar-refractivity contribution < 1.29 is 4.79 Å². The number of benzene rings is 1.